The van der Waals surface area contributed by atoms with E-state index < -0.39 is 42.8 Å². The first-order valence-electron chi connectivity index (χ1n) is 28.1. The van der Waals surface area contributed by atoms with Crippen LogP contribution in [-0.4, -0.2) is 146 Å². The highest BCUT2D eigenvalue weighted by molar-refractivity contribution is 7.91. The van der Waals surface area contributed by atoms with Gasteiger partial charge in [0.15, 0.2) is 42.8 Å². The van der Waals surface area contributed by atoms with Crippen LogP contribution in [0.5, 0.6) is 0 Å². The van der Waals surface area contributed by atoms with Gasteiger partial charge in [0.1, 0.15) is 0 Å². The van der Waals surface area contributed by atoms with E-state index in [9.17, 15) is 16.8 Å². The quantitative estimate of drug-likeness (QED) is 0.0290. The summed E-state index contributed by atoms with van der Waals surface area (Å²) in [6.07, 6.45) is 3.36. The monoisotopic (exact) mass is 1200 g/mol. The zero-order valence-corrected chi connectivity index (χ0v) is 49.9. The average molecular weight is 1200 g/mol. The topological polar surface area (TPSA) is 293 Å². The van der Waals surface area contributed by atoms with E-state index in [0.717, 1.165) is 25.7 Å². The number of fused-ring (bicyclic) bond motifs is 4. The fourth-order valence-corrected chi connectivity index (χ4v) is 12.6. The molecule has 2 heterocycles. The molecule has 86 heavy (non-hydrogen) atoms. The number of ketones is 4. The van der Waals surface area contributed by atoms with Crippen molar-refractivity contribution in [3.8, 4) is 11.1 Å². The number of hydrogen-bond donors (Lipinski definition) is 6. The molecular weight excluding hydrogens is 1130 g/mol. The van der Waals surface area contributed by atoms with Gasteiger partial charge in [-0.1, -0.05) is 87.4 Å². The van der Waals surface area contributed by atoms with E-state index in [1.807, 2.05) is 13.8 Å². The van der Waals surface area contributed by atoms with Crippen molar-refractivity contribution in [2.24, 2.45) is 0 Å². The molecule has 442 valence electrons. The summed E-state index contributed by atoms with van der Waals surface area (Å²) in [6, 6.07) is 31.8. The molecule has 0 radical (unpaired) electrons. The number of nitrogens with zero attached hydrogens (tertiary/aromatic N) is 8. The number of nitrogens with one attached hydrogen (secondary N) is 6. The lowest BCUT2D eigenvalue weighted by Gasteiger charge is -2.26. The van der Waals surface area contributed by atoms with E-state index in [1.54, 1.807) is 135 Å². The molecule has 0 atom stereocenters. The van der Waals surface area contributed by atoms with Crippen LogP contribution in [0.4, 0.5) is 58.4 Å². The minimum atomic E-state index is -3.56. The van der Waals surface area contributed by atoms with Crippen molar-refractivity contribution >= 4 is 101 Å². The summed E-state index contributed by atoms with van der Waals surface area (Å²) in [4.78, 5) is 92.2. The summed E-state index contributed by atoms with van der Waals surface area (Å²) in [6.45, 7) is 5.84. The molecule has 0 aliphatic heterocycles. The molecule has 8 aromatic rings. The number of carbonyl (C=O) groups is 4. The zero-order chi connectivity index (χ0) is 60.9. The van der Waals surface area contributed by atoms with Gasteiger partial charge in [-0.05, 0) is 113 Å². The minimum absolute atomic E-state index is 0.0106. The van der Waals surface area contributed by atoms with Crippen LogP contribution in [0.1, 0.15) is 103 Å². The van der Waals surface area contributed by atoms with Crippen LogP contribution in [0.2, 0.25) is 0 Å². The van der Waals surface area contributed by atoms with Crippen LogP contribution in [-0.2, 0) is 19.7 Å². The molecule has 0 amide bonds. The van der Waals surface area contributed by atoms with Crippen LogP contribution in [0, 0.1) is 0 Å². The molecule has 0 fully saturated rings. The Bertz CT molecular complexity index is 3910. The average Bonchev–Trinajstić information content (AvgIpc) is 0.762. The van der Waals surface area contributed by atoms with E-state index in [-0.39, 0.29) is 124 Å². The van der Waals surface area contributed by atoms with Crippen molar-refractivity contribution in [3.05, 3.63) is 166 Å². The van der Waals surface area contributed by atoms with Gasteiger partial charge in [0, 0.05) is 70.9 Å². The van der Waals surface area contributed by atoms with E-state index in [4.69, 9.17) is 0 Å². The first kappa shape index (κ1) is 59.8. The molecule has 2 aliphatic rings. The molecule has 6 N–H and O–H groups in total. The van der Waals surface area contributed by atoms with Crippen LogP contribution in [0.3, 0.4) is 0 Å². The van der Waals surface area contributed by atoms with Gasteiger partial charge in [-0.15, -0.1) is 0 Å². The molecule has 0 saturated heterocycles. The first-order chi connectivity index (χ1) is 41.3. The summed E-state index contributed by atoms with van der Waals surface area (Å²) in [5.74, 6) is -1.62. The summed E-state index contributed by atoms with van der Waals surface area (Å²) in [5.41, 5.74) is 2.09. The molecule has 0 unspecified atom stereocenters. The first-order valence-corrected chi connectivity index (χ1v) is 31.4. The van der Waals surface area contributed by atoms with Gasteiger partial charge in [0.2, 0.25) is 35.7 Å². The third kappa shape index (κ3) is 13.0. The Morgan fingerprint density at radius 3 is 1.01 bits per heavy atom. The molecule has 0 bridgehead atoms. The largest absolute Gasteiger partial charge is 0.354 e. The zero-order valence-electron chi connectivity index (χ0n) is 48.3. The summed E-state index contributed by atoms with van der Waals surface area (Å²) < 4.78 is 52.3. The van der Waals surface area contributed by atoms with Crippen LogP contribution < -0.4 is 31.9 Å². The Morgan fingerprint density at radius 2 is 0.686 bits per heavy atom. The maximum atomic E-state index is 15.2. The van der Waals surface area contributed by atoms with Crippen LogP contribution in [0.25, 0.3) is 11.1 Å². The third-order valence-corrected chi connectivity index (χ3v) is 17.8. The van der Waals surface area contributed by atoms with E-state index in [0.29, 0.717) is 37.6 Å². The highest BCUT2D eigenvalue weighted by atomic mass is 32.2. The number of carbonyl (C=O) groups excluding carboxylic acids is 4. The predicted octanol–water partition coefficient (Wildman–Crippen LogP) is 9.34. The van der Waals surface area contributed by atoms with Crippen molar-refractivity contribution in [3.63, 3.8) is 0 Å². The molecule has 0 saturated carbocycles. The number of rotatable bonds is 25. The summed E-state index contributed by atoms with van der Waals surface area (Å²) in [5, 5.41) is 19.1. The lowest BCUT2D eigenvalue weighted by atomic mass is 9.75. The Labute approximate surface area is 498 Å². The number of hydrogen-bond acceptors (Lipinski definition) is 22. The third-order valence-electron chi connectivity index (χ3n) is 14.4. The maximum absolute atomic E-state index is 15.2. The van der Waals surface area contributed by atoms with Crippen molar-refractivity contribution in [1.82, 2.24) is 39.7 Å². The Kier molecular flexibility index (Phi) is 17.7. The molecule has 6 aromatic carbocycles. The number of benzene rings is 6. The van der Waals surface area contributed by atoms with Gasteiger partial charge < -0.3 is 41.7 Å². The van der Waals surface area contributed by atoms with Gasteiger partial charge in [-0.2, -0.15) is 29.9 Å². The second-order valence-corrected chi connectivity index (χ2v) is 25.4. The van der Waals surface area contributed by atoms with Crippen molar-refractivity contribution < 1.29 is 36.0 Å². The molecular formula is C62H64N14O8S2. The molecule has 22 nitrogen and oxygen atoms in total. The molecule has 24 heteroatoms. The fourth-order valence-electron chi connectivity index (χ4n) is 9.82. The Morgan fingerprint density at radius 1 is 0.372 bits per heavy atom. The number of aromatic nitrogens is 6. The van der Waals surface area contributed by atoms with Gasteiger partial charge in [0.05, 0.1) is 43.8 Å². The van der Waals surface area contributed by atoms with Crippen molar-refractivity contribution in [2.45, 2.75) is 49.3 Å². The lowest BCUT2D eigenvalue weighted by molar-refractivity contribution is 0.0978. The maximum Gasteiger partial charge on any atom is 0.233 e. The van der Waals surface area contributed by atoms with Crippen molar-refractivity contribution in [1.29, 1.82) is 0 Å². The highest BCUT2D eigenvalue weighted by Gasteiger charge is 2.39. The number of unbranched alkanes of at least 4 members (excludes halogenated alkanes) is 2. The standard InChI is InChI=1S/C62H64N14O8S2/c1-7-9-31-63-57-69-59(65-37-19-23-39(24-20-37)85(81,82)35-33-75(3)4)73-61(71-57)67-47-29-27-41(49-51(47)55(79)45-17-13-11-15-43(45)53(49)77)42-28-30-48(52-50(42)54(78)44-16-12-14-18-46(44)56(52)80)68-62-72-58(64-32-10-8-2)70-60(74-62)66-38-21-25-40(26-22-38)86(83,84)36-34-76(5)6/h11-30H,7-10,31-36H2,1-6H3,(H3,63,65,67,69,71,73)(H3,64,66,68,70,72,74). The molecule has 0 spiro atoms. The molecule has 2 aromatic heterocycles. The van der Waals surface area contributed by atoms with Gasteiger partial charge >= 0.3 is 0 Å². The smallest absolute Gasteiger partial charge is 0.233 e. The van der Waals surface area contributed by atoms with E-state index in [1.165, 1.54) is 24.3 Å². The van der Waals surface area contributed by atoms with E-state index >= 15 is 19.2 Å². The summed E-state index contributed by atoms with van der Waals surface area (Å²) in [7, 11) is 0.107. The van der Waals surface area contributed by atoms with Crippen LogP contribution >= 0.6 is 0 Å². The molecule has 2 aliphatic carbocycles. The fraction of sp³-hybridized carbons (Fsp3) is 0.258. The normalized spacial score (nSPS) is 12.8. The highest BCUT2D eigenvalue weighted by Crippen LogP contribution is 2.44. The van der Waals surface area contributed by atoms with Crippen LogP contribution in [0.15, 0.2) is 131 Å². The van der Waals surface area contributed by atoms with Gasteiger partial charge in [-0.3, -0.25) is 19.2 Å². The summed E-state index contributed by atoms with van der Waals surface area (Å²) >= 11 is 0. The number of sulfone groups is 2. The SMILES string of the molecule is CCCCNc1nc(Nc2ccc(S(=O)(=O)CCN(C)C)cc2)nc(Nc2ccc(-c3ccc(Nc4nc(NCCCC)nc(Nc5ccc(S(=O)(=O)CCN(C)C)cc5)n4)c4c3C(=O)c3ccccc3C4=O)c3c2C(=O)c2ccccc2C3=O)n1. The second kappa shape index (κ2) is 25.5. The number of anilines is 10. The molecule has 10 rings (SSSR count). The predicted molar refractivity (Wildman–Crippen MR) is 332 cm³/mol. The second-order valence-electron chi connectivity index (χ2n) is 21.2. The van der Waals surface area contributed by atoms with Crippen molar-refractivity contribution in [2.75, 3.05) is 97.8 Å². The minimum Gasteiger partial charge on any atom is -0.354 e. The Balaban J connectivity index is 1.05. The Hall–Kier alpha value is -9.36. The van der Waals surface area contributed by atoms with Gasteiger partial charge in [-0.25, -0.2) is 16.8 Å². The lowest BCUT2D eigenvalue weighted by Crippen LogP contribution is -2.25. The van der Waals surface area contributed by atoms with E-state index in [2.05, 4.69) is 61.8 Å². The van der Waals surface area contributed by atoms with Gasteiger partial charge in [0.25, 0.3) is 0 Å².